The molecular formula is C46H64F2N8O6. The predicted octanol–water partition coefficient (Wildman–Crippen LogP) is 4.41. The van der Waals surface area contributed by atoms with Gasteiger partial charge in [0.2, 0.25) is 23.6 Å². The first-order valence-corrected chi connectivity index (χ1v) is 21.8. The van der Waals surface area contributed by atoms with E-state index >= 15 is 0 Å². The summed E-state index contributed by atoms with van der Waals surface area (Å²) in [6.07, 6.45) is 1.01. The van der Waals surface area contributed by atoms with E-state index < -0.39 is 48.0 Å². The molecule has 2 saturated heterocycles. The topological polar surface area (TPSA) is 173 Å². The maximum Gasteiger partial charge on any atom is 0.248 e. The fourth-order valence-corrected chi connectivity index (χ4v) is 9.12. The van der Waals surface area contributed by atoms with Crippen molar-refractivity contribution in [3.8, 4) is 11.4 Å². The van der Waals surface area contributed by atoms with Crippen molar-refractivity contribution in [1.82, 2.24) is 41.0 Å². The molecule has 2 aliphatic rings. The van der Waals surface area contributed by atoms with Gasteiger partial charge in [-0.05, 0) is 127 Å². The first kappa shape index (κ1) is 46.6. The van der Waals surface area contributed by atoms with Crippen LogP contribution in [-0.4, -0.2) is 133 Å². The minimum atomic E-state index is -0.937. The number of benzene rings is 2. The van der Waals surface area contributed by atoms with Crippen molar-refractivity contribution in [3.63, 3.8) is 0 Å². The summed E-state index contributed by atoms with van der Waals surface area (Å²) in [5, 5.41) is 13.2. The molecule has 4 aromatic rings. The summed E-state index contributed by atoms with van der Waals surface area (Å²) in [6, 6.07) is 5.66. The molecule has 4 amide bonds. The summed E-state index contributed by atoms with van der Waals surface area (Å²) in [6.45, 7) is 12.1. The number of carbonyl (C=O) groups is 4. The summed E-state index contributed by atoms with van der Waals surface area (Å²) in [7, 11) is 6.37. The number of methoxy groups -OCH3 is 2. The van der Waals surface area contributed by atoms with E-state index in [2.05, 4.69) is 45.1 Å². The fraction of sp³-hybridized carbons (Fsp3) is 0.565. The molecule has 0 bridgehead atoms. The van der Waals surface area contributed by atoms with Crippen LogP contribution in [-0.2, 0) is 41.5 Å². The highest BCUT2D eigenvalue weighted by Gasteiger charge is 2.43. The van der Waals surface area contributed by atoms with Crippen LogP contribution in [0.25, 0.3) is 33.2 Å². The summed E-state index contributed by atoms with van der Waals surface area (Å²) in [4.78, 5) is 65.9. The van der Waals surface area contributed by atoms with Gasteiger partial charge in [0.05, 0.1) is 35.7 Å². The predicted molar refractivity (Wildman–Crippen MR) is 235 cm³/mol. The van der Waals surface area contributed by atoms with E-state index in [0.29, 0.717) is 48.4 Å². The van der Waals surface area contributed by atoms with Gasteiger partial charge in [0, 0.05) is 61.2 Å². The van der Waals surface area contributed by atoms with Gasteiger partial charge in [-0.2, -0.15) is 0 Å². The van der Waals surface area contributed by atoms with E-state index in [-0.39, 0.29) is 47.5 Å². The van der Waals surface area contributed by atoms with Crippen molar-refractivity contribution in [1.29, 1.82) is 0 Å². The van der Waals surface area contributed by atoms with Crippen LogP contribution in [0, 0.1) is 23.5 Å². The molecule has 4 heterocycles. The third-order valence-corrected chi connectivity index (χ3v) is 13.6. The Morgan fingerprint density at radius 2 is 1.05 bits per heavy atom. The molecule has 6 N–H and O–H groups in total. The van der Waals surface area contributed by atoms with Crippen LogP contribution >= 0.6 is 0 Å². The van der Waals surface area contributed by atoms with Gasteiger partial charge >= 0.3 is 0 Å². The van der Waals surface area contributed by atoms with Crippen molar-refractivity contribution in [2.45, 2.75) is 116 Å². The number of likely N-dealkylation sites (tertiary alicyclic amines) is 2. The number of hydrogen-bond acceptors (Lipinski definition) is 8. The number of H-pyrrole nitrogens is 2. The van der Waals surface area contributed by atoms with E-state index in [1.54, 1.807) is 53.9 Å². The van der Waals surface area contributed by atoms with Gasteiger partial charge in [0.1, 0.15) is 23.7 Å². The van der Waals surface area contributed by atoms with Crippen molar-refractivity contribution in [2.75, 3.05) is 41.4 Å². The zero-order chi connectivity index (χ0) is 45.2. The molecule has 62 heavy (non-hydrogen) atoms. The Hall–Kier alpha value is -4.90. The van der Waals surface area contributed by atoms with Crippen molar-refractivity contribution >= 4 is 45.4 Å². The van der Waals surface area contributed by atoms with Crippen molar-refractivity contribution in [3.05, 3.63) is 59.2 Å². The van der Waals surface area contributed by atoms with Crippen LogP contribution in [0.1, 0.15) is 65.5 Å². The number of aromatic nitrogens is 2. The van der Waals surface area contributed by atoms with E-state index in [1.807, 2.05) is 9.80 Å². The quantitative estimate of drug-likeness (QED) is 0.0907. The molecule has 16 heteroatoms. The van der Waals surface area contributed by atoms with Crippen molar-refractivity contribution in [2.24, 2.45) is 11.8 Å². The number of aromatic amines is 2. The Morgan fingerprint density at radius 3 is 1.39 bits per heavy atom. The van der Waals surface area contributed by atoms with Gasteiger partial charge in [-0.15, -0.1) is 0 Å². The monoisotopic (exact) mass is 862 g/mol. The van der Waals surface area contributed by atoms with Crippen LogP contribution < -0.4 is 21.3 Å². The molecule has 14 nitrogen and oxygen atoms in total. The Kier molecular flexibility index (Phi) is 14.8. The van der Waals surface area contributed by atoms with Gasteiger partial charge in [-0.3, -0.25) is 19.2 Å². The van der Waals surface area contributed by atoms with Gasteiger partial charge in [0.15, 0.2) is 0 Å². The zero-order valence-electron chi connectivity index (χ0n) is 37.6. The second kappa shape index (κ2) is 19.7. The highest BCUT2D eigenvalue weighted by atomic mass is 19.1. The Morgan fingerprint density at radius 1 is 0.677 bits per heavy atom. The number of nitrogens with one attached hydrogen (secondary N) is 6. The molecule has 2 aromatic heterocycles. The molecule has 2 aromatic carbocycles. The first-order chi connectivity index (χ1) is 29.5. The highest BCUT2D eigenvalue weighted by Crippen LogP contribution is 2.41. The smallest absolute Gasteiger partial charge is 0.248 e. The lowest BCUT2D eigenvalue weighted by Gasteiger charge is -2.33. The van der Waals surface area contributed by atoms with Gasteiger partial charge in [-0.1, -0.05) is 13.8 Å². The minimum absolute atomic E-state index is 0.0665. The molecule has 0 saturated carbocycles. The summed E-state index contributed by atoms with van der Waals surface area (Å²) < 4.78 is 41.2. The van der Waals surface area contributed by atoms with E-state index in [0.717, 1.165) is 34.7 Å². The number of amides is 4. The molecule has 338 valence electrons. The Balaban J connectivity index is 1.43. The first-order valence-electron chi connectivity index (χ1n) is 21.8. The van der Waals surface area contributed by atoms with E-state index in [4.69, 9.17) is 9.47 Å². The number of fused-ring (bicyclic) bond motifs is 2. The maximum absolute atomic E-state index is 15.0. The number of ether oxygens (including phenoxy) is 2. The third kappa shape index (κ3) is 9.38. The Bertz CT molecular complexity index is 2110. The zero-order valence-corrected chi connectivity index (χ0v) is 37.6. The fourth-order valence-electron chi connectivity index (χ4n) is 9.12. The van der Waals surface area contributed by atoms with Crippen LogP contribution in [0.2, 0.25) is 0 Å². The molecule has 10 atom stereocenters. The second-order valence-electron chi connectivity index (χ2n) is 17.3. The third-order valence-electron chi connectivity index (χ3n) is 13.6. The molecule has 6 rings (SSSR count). The van der Waals surface area contributed by atoms with Gasteiger partial charge in [-0.25, -0.2) is 8.78 Å². The SMILES string of the molecule is CN[C@@H](C)C(=O)N[C@H](C(=O)N1CC[C@@H](C)[C@H]1Cc1c(-c2[nH]c3cc(F)ccc3c2C[C@H]2[C@H](C)CCN2C(=O)[C@@H](NC(=O)[C@H](C)NC)[C@@H](C)OC)[nH]c2cc(F)ccc12)[C@@H](C)OC. The lowest BCUT2D eigenvalue weighted by molar-refractivity contribution is -0.141. The van der Waals surface area contributed by atoms with Gasteiger partial charge in [0.25, 0.3) is 0 Å². The Labute approximate surface area is 362 Å². The standard InChI is InChI=1S/C46H64F2N8O6/c1-23-15-17-55(45(59)39(27(5)61-9)53-43(57)25(3)49-7)37(23)21-33-31-13-11-29(47)19-35(31)51-41(33)42-34(32-14-12-30(48)20-36(32)52-42)22-38-24(2)16-18-56(38)46(60)40(28(6)62-10)54-44(58)26(4)50-8/h11-14,19-20,23-28,37-40,49-52H,15-18,21-22H2,1-10H3,(H,53,57)(H,54,58)/t23-,24-,25+,26+,27-,28-,37-,38+,39+,40+/m1/s1. The average Bonchev–Trinajstić information content (AvgIpc) is 4.02. The van der Waals surface area contributed by atoms with E-state index in [1.165, 1.54) is 38.5 Å². The van der Waals surface area contributed by atoms with Crippen molar-refractivity contribution < 1.29 is 37.4 Å². The van der Waals surface area contributed by atoms with Gasteiger partial charge < -0.3 is 50.5 Å². The molecule has 0 spiro atoms. The number of halogens is 2. The molecule has 0 unspecified atom stereocenters. The van der Waals surface area contributed by atoms with Crippen LogP contribution in [0.15, 0.2) is 36.4 Å². The normalized spacial score (nSPS) is 22.1. The summed E-state index contributed by atoms with van der Waals surface area (Å²) >= 11 is 0. The van der Waals surface area contributed by atoms with Crippen LogP contribution in [0.4, 0.5) is 8.78 Å². The average molecular weight is 863 g/mol. The number of nitrogens with zero attached hydrogens (tertiary/aromatic N) is 2. The maximum atomic E-state index is 15.0. The lowest BCUT2D eigenvalue weighted by atomic mass is 9.90. The molecule has 2 fully saturated rings. The summed E-state index contributed by atoms with van der Waals surface area (Å²) in [5.74, 6) is -1.86. The number of hydrogen-bond donors (Lipinski definition) is 6. The molecule has 0 aliphatic carbocycles. The minimum Gasteiger partial charge on any atom is -0.379 e. The lowest BCUT2D eigenvalue weighted by Crippen LogP contribution is -2.58. The molecule has 2 aliphatic heterocycles. The number of likely N-dealkylation sites (N-methyl/N-ethyl adjacent to an activating group) is 2. The number of carbonyl (C=O) groups excluding carboxylic acids is 4. The van der Waals surface area contributed by atoms with E-state index in [9.17, 15) is 28.0 Å². The summed E-state index contributed by atoms with van der Waals surface area (Å²) in [5.41, 5.74) is 4.15. The largest absolute Gasteiger partial charge is 0.379 e. The van der Waals surface area contributed by atoms with Crippen LogP contribution in [0.5, 0.6) is 0 Å². The second-order valence-corrected chi connectivity index (χ2v) is 17.3. The molecular weight excluding hydrogens is 799 g/mol. The molecule has 0 radical (unpaired) electrons. The van der Waals surface area contributed by atoms with Crippen LogP contribution in [0.3, 0.4) is 0 Å². The highest BCUT2D eigenvalue weighted by molar-refractivity contribution is 5.97. The number of rotatable bonds is 17.